The summed E-state index contributed by atoms with van der Waals surface area (Å²) in [6.07, 6.45) is 5.02. The average Bonchev–Trinajstić information content (AvgIpc) is 3.19. The number of nitro groups is 1. The average molecular weight is 461 g/mol. The number of benzene rings is 4. The summed E-state index contributed by atoms with van der Waals surface area (Å²) in [5.74, 6) is 2.49. The predicted octanol–water partition coefficient (Wildman–Crippen LogP) is 5.06. The maximum absolute atomic E-state index is 11.1. The minimum absolute atomic E-state index is 0.0233. The Hall–Kier alpha value is -4.24. The minimum Gasteiger partial charge on any atom is -0.379 e. The summed E-state index contributed by atoms with van der Waals surface area (Å²) in [7, 11) is 0. The predicted molar refractivity (Wildman–Crippen MR) is 137 cm³/mol. The summed E-state index contributed by atoms with van der Waals surface area (Å²) in [5.41, 5.74) is 5.59. The Morgan fingerprint density at radius 2 is 1.40 bits per heavy atom. The first-order chi connectivity index (χ1) is 17.0. The van der Waals surface area contributed by atoms with E-state index in [1.807, 2.05) is 42.5 Å². The van der Waals surface area contributed by atoms with Crippen LogP contribution in [0.2, 0.25) is 0 Å². The second-order valence-electron chi connectivity index (χ2n) is 8.70. The lowest BCUT2D eigenvalue weighted by Crippen LogP contribution is -2.53. The van der Waals surface area contributed by atoms with Gasteiger partial charge in [-0.15, -0.1) is 6.42 Å². The molecule has 1 aliphatic rings. The molecule has 0 aliphatic heterocycles. The number of hydrogen-bond acceptors (Lipinski definition) is 4. The number of non-ortho nitro benzene ring substituents is 1. The SMILES string of the molecule is C#C[C@H](O)[C@H](Cc1ccc([N+](=O)[O-])cc1)NC1(c2ccccc2)c2ccccc2-c2ccccc21. The molecule has 5 heteroatoms. The van der Waals surface area contributed by atoms with Gasteiger partial charge in [0.2, 0.25) is 0 Å². The van der Waals surface area contributed by atoms with Crippen molar-refractivity contribution < 1.29 is 10.0 Å². The van der Waals surface area contributed by atoms with E-state index in [4.69, 9.17) is 6.42 Å². The standard InChI is InChI=1S/C30H24N2O3/c1-2-29(33)28(20-21-16-18-23(19-17-21)32(34)35)31-30(22-10-4-3-5-11-22)26-14-8-6-12-24(26)25-13-7-9-15-27(25)30/h1,3-19,28-29,31,33H,20H2/t28-,29-/m0/s1. The van der Waals surface area contributed by atoms with Crippen LogP contribution < -0.4 is 5.32 Å². The van der Waals surface area contributed by atoms with Gasteiger partial charge in [0.25, 0.3) is 5.69 Å². The van der Waals surface area contributed by atoms with Crippen LogP contribution in [0, 0.1) is 22.5 Å². The lowest BCUT2D eigenvalue weighted by Gasteiger charge is -2.38. The summed E-state index contributed by atoms with van der Waals surface area (Å²) in [6.45, 7) is 0. The molecule has 4 aromatic carbocycles. The Bertz CT molecular complexity index is 1360. The van der Waals surface area contributed by atoms with Gasteiger partial charge in [-0.25, -0.2) is 0 Å². The van der Waals surface area contributed by atoms with Gasteiger partial charge in [-0.3, -0.25) is 15.4 Å². The maximum Gasteiger partial charge on any atom is 0.269 e. The van der Waals surface area contributed by atoms with Gasteiger partial charge in [0.05, 0.1) is 10.5 Å². The molecule has 0 heterocycles. The van der Waals surface area contributed by atoms with E-state index >= 15 is 0 Å². The van der Waals surface area contributed by atoms with Gasteiger partial charge in [0, 0.05) is 18.2 Å². The van der Waals surface area contributed by atoms with Crippen LogP contribution in [0.4, 0.5) is 5.69 Å². The number of aliphatic hydroxyl groups excluding tert-OH is 1. The lowest BCUT2D eigenvalue weighted by molar-refractivity contribution is -0.384. The smallest absolute Gasteiger partial charge is 0.269 e. The number of nitrogens with one attached hydrogen (secondary N) is 1. The number of aliphatic hydroxyl groups is 1. The summed E-state index contributed by atoms with van der Waals surface area (Å²) in [5, 5.41) is 25.8. The van der Waals surface area contributed by atoms with Crippen molar-refractivity contribution in [1.82, 2.24) is 5.32 Å². The highest BCUT2D eigenvalue weighted by Gasteiger charge is 2.46. The first kappa shape index (κ1) is 22.5. The maximum atomic E-state index is 11.1. The molecule has 0 aromatic heterocycles. The number of nitro benzene ring substituents is 1. The summed E-state index contributed by atoms with van der Waals surface area (Å²) >= 11 is 0. The first-order valence-electron chi connectivity index (χ1n) is 11.4. The largest absolute Gasteiger partial charge is 0.379 e. The van der Waals surface area contributed by atoms with E-state index in [2.05, 4.69) is 47.6 Å². The molecular formula is C30H24N2O3. The van der Waals surface area contributed by atoms with Crippen LogP contribution in [-0.4, -0.2) is 22.2 Å². The summed E-state index contributed by atoms with van der Waals surface area (Å²) in [4.78, 5) is 10.7. The fraction of sp³-hybridized carbons (Fsp3) is 0.133. The van der Waals surface area contributed by atoms with E-state index in [9.17, 15) is 15.2 Å². The molecule has 4 aromatic rings. The molecular weight excluding hydrogens is 436 g/mol. The molecule has 2 N–H and O–H groups in total. The van der Waals surface area contributed by atoms with Crippen LogP contribution >= 0.6 is 0 Å². The zero-order valence-corrected chi connectivity index (χ0v) is 19.0. The van der Waals surface area contributed by atoms with Crippen molar-refractivity contribution in [2.24, 2.45) is 0 Å². The minimum atomic E-state index is -1.08. The van der Waals surface area contributed by atoms with E-state index in [0.717, 1.165) is 33.4 Å². The van der Waals surface area contributed by atoms with Gasteiger partial charge >= 0.3 is 0 Å². The van der Waals surface area contributed by atoms with E-state index < -0.39 is 22.6 Å². The van der Waals surface area contributed by atoms with E-state index in [1.165, 1.54) is 12.1 Å². The van der Waals surface area contributed by atoms with Crippen molar-refractivity contribution in [2.75, 3.05) is 0 Å². The van der Waals surface area contributed by atoms with Crippen LogP contribution in [0.15, 0.2) is 103 Å². The Kier molecular flexibility index (Phi) is 5.92. The van der Waals surface area contributed by atoms with Crippen LogP contribution in [0.5, 0.6) is 0 Å². The molecule has 0 bridgehead atoms. The monoisotopic (exact) mass is 460 g/mol. The Labute approximate surface area is 204 Å². The molecule has 0 fully saturated rings. The second kappa shape index (κ2) is 9.19. The fourth-order valence-electron chi connectivity index (χ4n) is 5.12. The number of terminal acetylenes is 1. The third kappa shape index (κ3) is 3.89. The van der Waals surface area contributed by atoms with Crippen molar-refractivity contribution in [3.05, 3.63) is 135 Å². The van der Waals surface area contributed by atoms with Gasteiger partial charge in [0.1, 0.15) is 6.10 Å². The first-order valence-corrected chi connectivity index (χ1v) is 11.4. The van der Waals surface area contributed by atoms with Crippen molar-refractivity contribution in [2.45, 2.75) is 24.1 Å². The number of fused-ring (bicyclic) bond motifs is 3. The summed E-state index contributed by atoms with van der Waals surface area (Å²) < 4.78 is 0. The zero-order chi connectivity index (χ0) is 24.4. The Balaban J connectivity index is 1.65. The topological polar surface area (TPSA) is 75.4 Å². The van der Waals surface area contributed by atoms with Crippen LogP contribution in [-0.2, 0) is 12.0 Å². The van der Waals surface area contributed by atoms with Gasteiger partial charge in [-0.1, -0.05) is 96.9 Å². The van der Waals surface area contributed by atoms with Gasteiger partial charge in [-0.05, 0) is 39.8 Å². The Morgan fingerprint density at radius 3 is 1.94 bits per heavy atom. The molecule has 5 rings (SSSR count). The van der Waals surface area contributed by atoms with Crippen LogP contribution in [0.3, 0.4) is 0 Å². The number of rotatable bonds is 7. The number of nitrogens with zero attached hydrogens (tertiary/aromatic N) is 1. The van der Waals surface area contributed by atoms with Crippen molar-refractivity contribution in [3.63, 3.8) is 0 Å². The second-order valence-corrected chi connectivity index (χ2v) is 8.70. The molecule has 0 unspecified atom stereocenters. The highest BCUT2D eigenvalue weighted by atomic mass is 16.6. The molecule has 1 aliphatic carbocycles. The Morgan fingerprint density at radius 1 is 0.857 bits per heavy atom. The molecule has 35 heavy (non-hydrogen) atoms. The van der Waals surface area contributed by atoms with Crippen molar-refractivity contribution >= 4 is 5.69 Å². The van der Waals surface area contributed by atoms with E-state index in [0.29, 0.717) is 6.42 Å². The highest BCUT2D eigenvalue weighted by molar-refractivity contribution is 5.83. The van der Waals surface area contributed by atoms with E-state index in [1.54, 1.807) is 12.1 Å². The van der Waals surface area contributed by atoms with Crippen molar-refractivity contribution in [1.29, 1.82) is 0 Å². The third-order valence-corrected chi connectivity index (χ3v) is 6.72. The molecule has 0 radical (unpaired) electrons. The fourth-order valence-corrected chi connectivity index (χ4v) is 5.12. The van der Waals surface area contributed by atoms with Crippen molar-refractivity contribution in [3.8, 4) is 23.5 Å². The van der Waals surface area contributed by atoms with Gasteiger partial charge in [-0.2, -0.15) is 0 Å². The quantitative estimate of drug-likeness (QED) is 0.230. The molecule has 5 nitrogen and oxygen atoms in total. The third-order valence-electron chi connectivity index (χ3n) is 6.72. The molecule has 0 saturated heterocycles. The molecule has 0 amide bonds. The summed E-state index contributed by atoms with van der Waals surface area (Å²) in [6, 6.07) is 32.5. The molecule has 0 spiro atoms. The van der Waals surface area contributed by atoms with Crippen LogP contribution in [0.1, 0.15) is 22.3 Å². The molecule has 2 atom stereocenters. The lowest BCUT2D eigenvalue weighted by atomic mass is 9.79. The van der Waals surface area contributed by atoms with Crippen LogP contribution in [0.25, 0.3) is 11.1 Å². The van der Waals surface area contributed by atoms with Gasteiger partial charge in [0.15, 0.2) is 0 Å². The van der Waals surface area contributed by atoms with E-state index in [-0.39, 0.29) is 5.69 Å². The zero-order valence-electron chi connectivity index (χ0n) is 19.0. The molecule has 0 saturated carbocycles. The molecule has 172 valence electrons. The normalized spacial score (nSPS) is 14.9. The number of hydrogen-bond donors (Lipinski definition) is 2. The van der Waals surface area contributed by atoms with Gasteiger partial charge < -0.3 is 5.11 Å². The highest BCUT2D eigenvalue weighted by Crippen LogP contribution is 2.51.